The molecule has 2 rings (SSSR count). The molecule has 18 heavy (non-hydrogen) atoms. The molecule has 0 fully saturated rings. The van der Waals surface area contributed by atoms with E-state index in [4.69, 9.17) is 5.73 Å². The lowest BCUT2D eigenvalue weighted by molar-refractivity contribution is 1.01. The minimum absolute atomic E-state index is 0.750. The van der Waals surface area contributed by atoms with Gasteiger partial charge < -0.3 is 5.73 Å². The molecule has 0 saturated carbocycles. The van der Waals surface area contributed by atoms with Crippen molar-refractivity contribution < 1.29 is 0 Å². The summed E-state index contributed by atoms with van der Waals surface area (Å²) < 4.78 is 0. The van der Waals surface area contributed by atoms with Crippen LogP contribution < -0.4 is 10.7 Å². The van der Waals surface area contributed by atoms with Gasteiger partial charge in [-0.05, 0) is 25.1 Å². The second-order valence-corrected chi connectivity index (χ2v) is 4.13. The third-order valence-corrected chi connectivity index (χ3v) is 2.78. The molecule has 2 aromatic rings. The number of anilines is 2. The number of nitrogens with zero attached hydrogens (tertiary/aromatic N) is 2. The van der Waals surface area contributed by atoms with E-state index in [0.717, 1.165) is 22.6 Å². The second kappa shape index (κ2) is 5.36. The van der Waals surface area contributed by atoms with Crippen molar-refractivity contribution in [1.82, 2.24) is 0 Å². The first-order chi connectivity index (χ1) is 8.68. The summed E-state index contributed by atoms with van der Waals surface area (Å²) >= 11 is 0. The van der Waals surface area contributed by atoms with E-state index in [0.29, 0.717) is 0 Å². The fourth-order valence-electron chi connectivity index (χ4n) is 1.81. The summed E-state index contributed by atoms with van der Waals surface area (Å²) in [6, 6.07) is 17.8. The van der Waals surface area contributed by atoms with E-state index in [1.165, 1.54) is 0 Å². The first-order valence-electron chi connectivity index (χ1n) is 5.87. The van der Waals surface area contributed by atoms with Crippen molar-refractivity contribution in [3.63, 3.8) is 0 Å². The maximum absolute atomic E-state index is 5.94. The van der Waals surface area contributed by atoms with Gasteiger partial charge in [0.2, 0.25) is 0 Å². The van der Waals surface area contributed by atoms with Crippen LogP contribution in [0.15, 0.2) is 59.7 Å². The summed E-state index contributed by atoms with van der Waals surface area (Å²) in [6.07, 6.45) is 0. The third-order valence-electron chi connectivity index (χ3n) is 2.78. The van der Waals surface area contributed by atoms with Gasteiger partial charge in [0.25, 0.3) is 0 Å². The number of para-hydroxylation sites is 2. The van der Waals surface area contributed by atoms with E-state index in [1.807, 2.05) is 73.6 Å². The van der Waals surface area contributed by atoms with Crippen LogP contribution in [0.1, 0.15) is 12.5 Å². The highest BCUT2D eigenvalue weighted by atomic mass is 15.4. The zero-order valence-electron chi connectivity index (χ0n) is 10.7. The molecule has 0 atom stereocenters. The summed E-state index contributed by atoms with van der Waals surface area (Å²) in [6.45, 7) is 1.96. The van der Waals surface area contributed by atoms with E-state index >= 15 is 0 Å². The summed E-state index contributed by atoms with van der Waals surface area (Å²) in [5.41, 5.74) is 9.61. The fraction of sp³-hybridized carbons (Fsp3) is 0.133. The summed E-state index contributed by atoms with van der Waals surface area (Å²) in [5.74, 6) is 0. The van der Waals surface area contributed by atoms with Gasteiger partial charge in [-0.3, -0.25) is 5.01 Å². The number of nitrogen functional groups attached to an aromatic ring is 1. The first-order valence-corrected chi connectivity index (χ1v) is 5.87. The summed E-state index contributed by atoms with van der Waals surface area (Å²) in [7, 11) is 1.93. The molecule has 0 spiro atoms. The summed E-state index contributed by atoms with van der Waals surface area (Å²) in [5, 5.41) is 6.40. The molecule has 0 heterocycles. The predicted octanol–water partition coefficient (Wildman–Crippen LogP) is 3.13. The van der Waals surface area contributed by atoms with E-state index in [9.17, 15) is 0 Å². The normalized spacial score (nSPS) is 11.3. The Hall–Kier alpha value is -2.29. The van der Waals surface area contributed by atoms with Crippen molar-refractivity contribution >= 4 is 17.1 Å². The third kappa shape index (κ3) is 2.69. The van der Waals surface area contributed by atoms with Gasteiger partial charge in [0.1, 0.15) is 0 Å². The maximum atomic E-state index is 5.94. The Labute approximate surface area is 108 Å². The number of hydrogen-bond donors (Lipinski definition) is 1. The van der Waals surface area contributed by atoms with E-state index in [-0.39, 0.29) is 0 Å². The molecule has 3 nitrogen and oxygen atoms in total. The Kier molecular flexibility index (Phi) is 3.63. The monoisotopic (exact) mass is 239 g/mol. The molecule has 0 saturated heterocycles. The average Bonchev–Trinajstić information content (AvgIpc) is 2.40. The van der Waals surface area contributed by atoms with Crippen molar-refractivity contribution in [2.75, 3.05) is 17.8 Å². The van der Waals surface area contributed by atoms with Gasteiger partial charge in [-0.25, -0.2) is 0 Å². The van der Waals surface area contributed by atoms with Crippen molar-refractivity contribution in [3.05, 3.63) is 60.2 Å². The molecule has 0 amide bonds. The molecule has 92 valence electrons. The maximum Gasteiger partial charge on any atom is 0.0671 e. The van der Waals surface area contributed by atoms with Crippen LogP contribution in [0.2, 0.25) is 0 Å². The minimum Gasteiger partial charge on any atom is -0.398 e. The van der Waals surface area contributed by atoms with Gasteiger partial charge in [-0.15, -0.1) is 0 Å². The lowest BCUT2D eigenvalue weighted by atomic mass is 10.1. The van der Waals surface area contributed by atoms with Gasteiger partial charge in [-0.2, -0.15) is 5.10 Å². The number of benzene rings is 2. The molecule has 0 bridgehead atoms. The molecule has 0 aromatic heterocycles. The highest BCUT2D eigenvalue weighted by molar-refractivity contribution is 6.03. The largest absolute Gasteiger partial charge is 0.398 e. The van der Waals surface area contributed by atoms with Crippen LogP contribution in [0.3, 0.4) is 0 Å². The van der Waals surface area contributed by atoms with Crippen molar-refractivity contribution in [2.24, 2.45) is 5.10 Å². The van der Waals surface area contributed by atoms with Gasteiger partial charge in [0.15, 0.2) is 0 Å². The van der Waals surface area contributed by atoms with Gasteiger partial charge in [0.05, 0.1) is 11.4 Å². The van der Waals surface area contributed by atoms with Gasteiger partial charge >= 0.3 is 0 Å². The predicted molar refractivity (Wildman–Crippen MR) is 77.9 cm³/mol. The highest BCUT2D eigenvalue weighted by Gasteiger charge is 2.03. The quantitative estimate of drug-likeness (QED) is 0.508. The van der Waals surface area contributed by atoms with Crippen LogP contribution in [-0.2, 0) is 0 Å². The molecule has 0 unspecified atom stereocenters. The number of rotatable bonds is 3. The first kappa shape index (κ1) is 12.2. The fourth-order valence-corrected chi connectivity index (χ4v) is 1.81. The molecule has 2 N–H and O–H groups in total. The Bertz CT molecular complexity index is 547. The Morgan fingerprint density at radius 2 is 1.61 bits per heavy atom. The zero-order valence-corrected chi connectivity index (χ0v) is 10.7. The number of hydrogen-bond acceptors (Lipinski definition) is 3. The smallest absolute Gasteiger partial charge is 0.0671 e. The number of nitrogens with two attached hydrogens (primary N) is 1. The molecular weight excluding hydrogens is 222 g/mol. The van der Waals surface area contributed by atoms with Crippen LogP contribution in [0.5, 0.6) is 0 Å². The Morgan fingerprint density at radius 3 is 2.28 bits per heavy atom. The lowest BCUT2D eigenvalue weighted by Crippen LogP contribution is -2.13. The lowest BCUT2D eigenvalue weighted by Gasteiger charge is -2.15. The van der Waals surface area contributed by atoms with Crippen LogP contribution in [0.4, 0.5) is 11.4 Å². The molecule has 0 radical (unpaired) electrons. The van der Waals surface area contributed by atoms with Crippen molar-refractivity contribution in [1.29, 1.82) is 0 Å². The standard InChI is InChI=1S/C15H17N3/c1-12(14-10-6-7-11-15(14)16)17-18(2)13-8-4-3-5-9-13/h3-11H,16H2,1-2H3/b17-12+. The van der Waals surface area contributed by atoms with Gasteiger partial charge in [-0.1, -0.05) is 36.4 Å². The molecule has 3 heteroatoms. The number of hydrazone groups is 1. The molecule has 0 aliphatic heterocycles. The van der Waals surface area contributed by atoms with E-state index < -0.39 is 0 Å². The second-order valence-electron chi connectivity index (χ2n) is 4.13. The van der Waals surface area contributed by atoms with E-state index in [1.54, 1.807) is 0 Å². The van der Waals surface area contributed by atoms with Crippen LogP contribution >= 0.6 is 0 Å². The van der Waals surface area contributed by atoms with E-state index in [2.05, 4.69) is 5.10 Å². The highest BCUT2D eigenvalue weighted by Crippen LogP contribution is 2.15. The molecule has 0 aliphatic carbocycles. The molecule has 0 aliphatic rings. The Balaban J connectivity index is 2.26. The topological polar surface area (TPSA) is 41.6 Å². The van der Waals surface area contributed by atoms with Crippen LogP contribution in [0, 0.1) is 0 Å². The SMILES string of the molecule is C/C(=N\N(C)c1ccccc1)c1ccccc1N. The zero-order chi connectivity index (χ0) is 13.0. The van der Waals surface area contributed by atoms with Crippen molar-refractivity contribution in [2.45, 2.75) is 6.92 Å². The average molecular weight is 239 g/mol. The van der Waals surface area contributed by atoms with Gasteiger partial charge in [0, 0.05) is 18.3 Å². The van der Waals surface area contributed by atoms with Crippen molar-refractivity contribution in [3.8, 4) is 0 Å². The molecular formula is C15H17N3. The molecule has 2 aromatic carbocycles. The minimum atomic E-state index is 0.750. The van der Waals surface area contributed by atoms with Crippen LogP contribution in [0.25, 0.3) is 0 Å². The Morgan fingerprint density at radius 1 is 1.00 bits per heavy atom. The van der Waals surface area contributed by atoms with Crippen LogP contribution in [-0.4, -0.2) is 12.8 Å². The summed E-state index contributed by atoms with van der Waals surface area (Å²) in [4.78, 5) is 0.